The number of benzene rings is 1. The van der Waals surface area contributed by atoms with Crippen LogP contribution in [0.15, 0.2) is 29.3 Å². The Bertz CT molecular complexity index is 668. The van der Waals surface area contributed by atoms with E-state index in [4.69, 9.17) is 0 Å². The molecule has 0 spiro atoms. The van der Waals surface area contributed by atoms with Crippen LogP contribution in [0.5, 0.6) is 0 Å². The lowest BCUT2D eigenvalue weighted by Crippen LogP contribution is -2.46. The minimum absolute atomic E-state index is 0.0571. The lowest BCUT2D eigenvalue weighted by molar-refractivity contribution is 0.298. The van der Waals surface area contributed by atoms with E-state index in [0.29, 0.717) is 18.9 Å². The molecule has 1 aliphatic rings. The van der Waals surface area contributed by atoms with Crippen LogP contribution in [0.3, 0.4) is 0 Å². The second-order valence-corrected chi connectivity index (χ2v) is 8.82. The van der Waals surface area contributed by atoms with Gasteiger partial charge in [-0.1, -0.05) is 29.8 Å². The minimum atomic E-state index is -2.89. The van der Waals surface area contributed by atoms with Crippen molar-refractivity contribution in [2.75, 3.05) is 39.2 Å². The Morgan fingerprint density at radius 3 is 2.50 bits per heavy atom. The fourth-order valence-corrected chi connectivity index (χ4v) is 4.55. The highest BCUT2D eigenvalue weighted by atomic mass is 32.2. The van der Waals surface area contributed by atoms with E-state index < -0.39 is 9.84 Å². The zero-order chi connectivity index (χ0) is 17.7. The predicted molar refractivity (Wildman–Crippen MR) is 99.2 cm³/mol. The van der Waals surface area contributed by atoms with E-state index >= 15 is 0 Å². The SMILES string of the molecule is CN=C(NCC(c1ccc(C)cc1)N(C)C)NC1CCS(=O)(=O)C1. The molecule has 0 aromatic heterocycles. The molecule has 1 heterocycles. The Hall–Kier alpha value is -1.60. The fourth-order valence-electron chi connectivity index (χ4n) is 2.88. The van der Waals surface area contributed by atoms with Crippen LogP contribution in [0.25, 0.3) is 0 Å². The lowest BCUT2D eigenvalue weighted by atomic mass is 10.0. The molecule has 1 aliphatic heterocycles. The van der Waals surface area contributed by atoms with Crippen molar-refractivity contribution in [2.24, 2.45) is 4.99 Å². The van der Waals surface area contributed by atoms with Gasteiger partial charge in [0.2, 0.25) is 0 Å². The van der Waals surface area contributed by atoms with Gasteiger partial charge in [0.15, 0.2) is 15.8 Å². The van der Waals surface area contributed by atoms with Crippen molar-refractivity contribution >= 4 is 15.8 Å². The maximum Gasteiger partial charge on any atom is 0.191 e. The molecule has 0 amide bonds. The Morgan fingerprint density at radius 2 is 2.00 bits per heavy atom. The number of aryl methyl sites for hydroxylation is 1. The second-order valence-electron chi connectivity index (χ2n) is 6.59. The first-order valence-corrected chi connectivity index (χ1v) is 10.0. The lowest BCUT2D eigenvalue weighted by Gasteiger charge is -2.26. The summed E-state index contributed by atoms with van der Waals surface area (Å²) in [6.45, 7) is 2.77. The summed E-state index contributed by atoms with van der Waals surface area (Å²) in [5.74, 6) is 1.09. The molecule has 2 rings (SSSR count). The molecule has 134 valence electrons. The molecule has 0 bridgehead atoms. The van der Waals surface area contributed by atoms with Crippen LogP contribution in [0, 0.1) is 6.92 Å². The van der Waals surface area contributed by atoms with Crippen LogP contribution in [-0.4, -0.2) is 64.5 Å². The third-order valence-electron chi connectivity index (χ3n) is 4.35. The number of sulfone groups is 1. The average molecular weight is 353 g/mol. The van der Waals surface area contributed by atoms with Crippen LogP contribution in [-0.2, 0) is 9.84 Å². The zero-order valence-electron chi connectivity index (χ0n) is 14.9. The highest BCUT2D eigenvalue weighted by molar-refractivity contribution is 7.91. The molecule has 0 aliphatic carbocycles. The quantitative estimate of drug-likeness (QED) is 0.610. The van der Waals surface area contributed by atoms with E-state index in [9.17, 15) is 8.42 Å². The molecule has 0 saturated carbocycles. The van der Waals surface area contributed by atoms with E-state index in [1.807, 2.05) is 14.1 Å². The molecule has 1 aromatic carbocycles. The summed E-state index contributed by atoms with van der Waals surface area (Å²) >= 11 is 0. The minimum Gasteiger partial charge on any atom is -0.354 e. The molecular weight excluding hydrogens is 324 g/mol. The van der Waals surface area contributed by atoms with Gasteiger partial charge in [-0.25, -0.2) is 8.42 Å². The van der Waals surface area contributed by atoms with Crippen LogP contribution >= 0.6 is 0 Å². The van der Waals surface area contributed by atoms with Gasteiger partial charge in [-0.2, -0.15) is 0 Å². The van der Waals surface area contributed by atoms with Crippen LogP contribution in [0.2, 0.25) is 0 Å². The Morgan fingerprint density at radius 1 is 1.33 bits per heavy atom. The average Bonchev–Trinajstić information content (AvgIpc) is 2.86. The molecule has 1 aromatic rings. The molecule has 1 fully saturated rings. The Balaban J connectivity index is 1.96. The predicted octanol–water partition coefficient (Wildman–Crippen LogP) is 0.950. The van der Waals surface area contributed by atoms with Crippen molar-refractivity contribution in [3.8, 4) is 0 Å². The van der Waals surface area contributed by atoms with Gasteiger partial charge in [0.25, 0.3) is 0 Å². The van der Waals surface area contributed by atoms with E-state index in [2.05, 4.69) is 51.7 Å². The first-order chi connectivity index (χ1) is 11.3. The van der Waals surface area contributed by atoms with E-state index in [-0.39, 0.29) is 23.6 Å². The molecular formula is C17H28N4O2S. The van der Waals surface area contributed by atoms with E-state index in [1.165, 1.54) is 11.1 Å². The van der Waals surface area contributed by atoms with Gasteiger partial charge < -0.3 is 15.5 Å². The van der Waals surface area contributed by atoms with Crippen LogP contribution in [0.4, 0.5) is 0 Å². The number of likely N-dealkylation sites (N-methyl/N-ethyl adjacent to an activating group) is 1. The summed E-state index contributed by atoms with van der Waals surface area (Å²) in [5.41, 5.74) is 2.47. The van der Waals surface area contributed by atoms with Gasteiger partial charge in [0.1, 0.15) is 0 Å². The maximum absolute atomic E-state index is 11.6. The number of rotatable bonds is 5. The normalized spacial score (nSPS) is 21.7. The molecule has 7 heteroatoms. The first-order valence-electron chi connectivity index (χ1n) is 8.21. The highest BCUT2D eigenvalue weighted by Crippen LogP contribution is 2.18. The van der Waals surface area contributed by atoms with Crippen molar-refractivity contribution in [3.63, 3.8) is 0 Å². The van der Waals surface area contributed by atoms with E-state index in [0.717, 1.165) is 0 Å². The summed E-state index contributed by atoms with van der Waals surface area (Å²) in [6.07, 6.45) is 0.637. The first kappa shape index (κ1) is 18.7. The number of hydrogen-bond donors (Lipinski definition) is 2. The number of nitrogens with one attached hydrogen (secondary N) is 2. The number of nitrogens with zero attached hydrogens (tertiary/aromatic N) is 2. The summed E-state index contributed by atoms with van der Waals surface area (Å²) in [4.78, 5) is 6.38. The molecule has 0 radical (unpaired) electrons. The topological polar surface area (TPSA) is 73.8 Å². The van der Waals surface area contributed by atoms with Crippen molar-refractivity contribution in [3.05, 3.63) is 35.4 Å². The van der Waals surface area contributed by atoms with Gasteiger partial charge in [-0.05, 0) is 33.0 Å². The van der Waals surface area contributed by atoms with Crippen LogP contribution < -0.4 is 10.6 Å². The highest BCUT2D eigenvalue weighted by Gasteiger charge is 2.28. The molecule has 6 nitrogen and oxygen atoms in total. The van der Waals surface area contributed by atoms with Crippen molar-refractivity contribution < 1.29 is 8.42 Å². The summed E-state index contributed by atoms with van der Waals surface area (Å²) in [6, 6.07) is 8.66. The largest absolute Gasteiger partial charge is 0.354 e. The van der Waals surface area contributed by atoms with Crippen molar-refractivity contribution in [1.82, 2.24) is 15.5 Å². The molecule has 2 N–H and O–H groups in total. The fraction of sp³-hybridized carbons (Fsp3) is 0.588. The monoisotopic (exact) mass is 352 g/mol. The summed E-state index contributed by atoms with van der Waals surface area (Å²) in [5, 5.41) is 6.54. The van der Waals surface area contributed by atoms with Crippen LogP contribution in [0.1, 0.15) is 23.6 Å². The van der Waals surface area contributed by atoms with Gasteiger partial charge in [-0.3, -0.25) is 4.99 Å². The molecule has 2 atom stereocenters. The number of aliphatic imine (C=N–C) groups is 1. The molecule has 2 unspecified atom stereocenters. The maximum atomic E-state index is 11.6. The zero-order valence-corrected chi connectivity index (χ0v) is 15.7. The standard InChI is InChI=1S/C17H28N4O2S/c1-13-5-7-14(8-6-13)16(21(3)4)11-19-17(18-2)20-15-9-10-24(22,23)12-15/h5-8,15-16H,9-12H2,1-4H3,(H2,18,19,20). The second kappa shape index (κ2) is 7.98. The van der Waals surface area contributed by atoms with Gasteiger partial charge in [0, 0.05) is 19.6 Å². The third kappa shape index (κ3) is 5.21. The van der Waals surface area contributed by atoms with Crippen molar-refractivity contribution in [1.29, 1.82) is 0 Å². The Labute approximate surface area is 145 Å². The van der Waals surface area contributed by atoms with E-state index in [1.54, 1.807) is 7.05 Å². The summed E-state index contributed by atoms with van der Waals surface area (Å²) in [7, 11) is 2.90. The number of guanidine groups is 1. The van der Waals surface area contributed by atoms with Gasteiger partial charge in [-0.15, -0.1) is 0 Å². The molecule has 24 heavy (non-hydrogen) atoms. The summed E-state index contributed by atoms with van der Waals surface area (Å²) < 4.78 is 23.1. The Kier molecular flexibility index (Phi) is 6.23. The van der Waals surface area contributed by atoms with Gasteiger partial charge in [0.05, 0.1) is 17.5 Å². The molecule has 1 saturated heterocycles. The third-order valence-corrected chi connectivity index (χ3v) is 6.11. The van der Waals surface area contributed by atoms with Crippen molar-refractivity contribution in [2.45, 2.75) is 25.4 Å². The van der Waals surface area contributed by atoms with Gasteiger partial charge >= 0.3 is 0 Å². The smallest absolute Gasteiger partial charge is 0.191 e. The number of hydrogen-bond acceptors (Lipinski definition) is 4.